The third kappa shape index (κ3) is 1.55. The van der Waals surface area contributed by atoms with Gasteiger partial charge in [-0.15, -0.1) is 0 Å². The fourth-order valence-electron chi connectivity index (χ4n) is 3.06. The van der Waals surface area contributed by atoms with Crippen LogP contribution in [0.25, 0.3) is 0 Å². The van der Waals surface area contributed by atoms with E-state index < -0.39 is 0 Å². The first kappa shape index (κ1) is 10.3. The lowest BCUT2D eigenvalue weighted by Crippen LogP contribution is -2.38. The normalized spacial score (nSPS) is 34.5. The summed E-state index contributed by atoms with van der Waals surface area (Å²) in [7, 11) is 1.92. The summed E-state index contributed by atoms with van der Waals surface area (Å²) < 4.78 is 7.68. The molecule has 3 heterocycles. The lowest BCUT2D eigenvalue weighted by Gasteiger charge is -2.26. The Bertz CT molecular complexity index is 378. The van der Waals surface area contributed by atoms with Gasteiger partial charge in [0, 0.05) is 19.2 Å². The summed E-state index contributed by atoms with van der Waals surface area (Å²) in [5, 5.41) is 4.43. The maximum absolute atomic E-state index is 5.87. The van der Waals surface area contributed by atoms with Gasteiger partial charge in [0.15, 0.2) is 0 Å². The molecule has 3 rings (SSSR count). The van der Waals surface area contributed by atoms with Crippen molar-refractivity contribution in [2.24, 2.45) is 18.8 Å². The minimum Gasteiger partial charge on any atom is -0.375 e. The van der Waals surface area contributed by atoms with E-state index in [4.69, 9.17) is 10.6 Å². The van der Waals surface area contributed by atoms with Crippen LogP contribution in [-0.2, 0) is 11.8 Å². The smallest absolute Gasteiger partial charge is 0.0811 e. The van der Waals surface area contributed by atoms with E-state index in [1.54, 1.807) is 0 Å². The fourth-order valence-corrected chi connectivity index (χ4v) is 3.06. The zero-order chi connectivity index (χ0) is 11.1. The van der Waals surface area contributed by atoms with E-state index >= 15 is 0 Å². The molecule has 2 aliphatic heterocycles. The number of aromatic nitrogens is 2. The molecule has 2 fully saturated rings. The Hall–Kier alpha value is -0.910. The standard InChI is InChI=1S/C11H18N4O/c1-15-5-4-9(14-15)11(13-12)8-6-7-2-3-10(8)16-7/h4-5,7-8,10-11,13H,2-3,6,12H2,1H3. The second-order valence-corrected chi connectivity index (χ2v) is 4.83. The molecule has 0 radical (unpaired) electrons. The van der Waals surface area contributed by atoms with Crippen LogP contribution in [-0.4, -0.2) is 22.0 Å². The zero-order valence-electron chi connectivity index (χ0n) is 9.47. The maximum atomic E-state index is 5.87. The van der Waals surface area contributed by atoms with Gasteiger partial charge >= 0.3 is 0 Å². The van der Waals surface area contributed by atoms with Crippen molar-refractivity contribution in [1.29, 1.82) is 0 Å². The third-order valence-corrected chi connectivity index (χ3v) is 3.81. The summed E-state index contributed by atoms with van der Waals surface area (Å²) in [6, 6.07) is 2.15. The second-order valence-electron chi connectivity index (χ2n) is 4.83. The van der Waals surface area contributed by atoms with Crippen LogP contribution >= 0.6 is 0 Å². The number of hydrogen-bond acceptors (Lipinski definition) is 4. The van der Waals surface area contributed by atoms with Gasteiger partial charge < -0.3 is 4.74 Å². The van der Waals surface area contributed by atoms with Crippen molar-refractivity contribution in [2.45, 2.75) is 37.5 Å². The topological polar surface area (TPSA) is 65.1 Å². The van der Waals surface area contributed by atoms with Gasteiger partial charge in [0.2, 0.25) is 0 Å². The molecule has 4 unspecified atom stereocenters. The van der Waals surface area contributed by atoms with Crippen LogP contribution < -0.4 is 11.3 Å². The Morgan fingerprint density at radius 1 is 1.62 bits per heavy atom. The van der Waals surface area contributed by atoms with Crippen molar-refractivity contribution < 1.29 is 4.74 Å². The van der Waals surface area contributed by atoms with E-state index in [1.165, 1.54) is 12.8 Å². The number of rotatable bonds is 3. The maximum Gasteiger partial charge on any atom is 0.0811 e. The number of aryl methyl sites for hydroxylation is 1. The molecule has 1 aromatic rings. The van der Waals surface area contributed by atoms with Crippen molar-refractivity contribution in [3.8, 4) is 0 Å². The molecule has 2 saturated heterocycles. The predicted molar refractivity (Wildman–Crippen MR) is 59.3 cm³/mol. The number of nitrogens with two attached hydrogens (primary N) is 1. The Morgan fingerprint density at radius 3 is 3.00 bits per heavy atom. The zero-order valence-corrected chi connectivity index (χ0v) is 9.47. The summed E-state index contributed by atoms with van der Waals surface area (Å²) in [5.74, 6) is 6.14. The molecular weight excluding hydrogens is 204 g/mol. The number of fused-ring (bicyclic) bond motifs is 2. The lowest BCUT2D eigenvalue weighted by atomic mass is 9.83. The molecule has 1 aromatic heterocycles. The van der Waals surface area contributed by atoms with Gasteiger partial charge in [-0.05, 0) is 25.3 Å². The summed E-state index contributed by atoms with van der Waals surface area (Å²) in [6.07, 6.45) is 6.26. The van der Waals surface area contributed by atoms with E-state index in [0.717, 1.165) is 12.1 Å². The highest BCUT2D eigenvalue weighted by Crippen LogP contribution is 2.44. The Kier molecular flexibility index (Phi) is 2.46. The molecule has 0 aliphatic carbocycles. The van der Waals surface area contributed by atoms with E-state index in [9.17, 15) is 0 Å². The molecule has 0 aromatic carbocycles. The van der Waals surface area contributed by atoms with E-state index in [1.807, 2.05) is 24.0 Å². The van der Waals surface area contributed by atoms with Crippen molar-refractivity contribution in [3.63, 3.8) is 0 Å². The molecule has 5 heteroatoms. The van der Waals surface area contributed by atoms with Crippen molar-refractivity contribution in [2.75, 3.05) is 0 Å². The van der Waals surface area contributed by atoms with Crippen molar-refractivity contribution in [3.05, 3.63) is 18.0 Å². The van der Waals surface area contributed by atoms with Gasteiger partial charge in [-0.2, -0.15) is 5.10 Å². The minimum absolute atomic E-state index is 0.122. The van der Waals surface area contributed by atoms with E-state index in [-0.39, 0.29) is 6.04 Å². The number of nitrogens with one attached hydrogen (secondary N) is 1. The van der Waals surface area contributed by atoms with Crippen LogP contribution in [0, 0.1) is 5.92 Å². The number of hydrogen-bond donors (Lipinski definition) is 2. The molecule has 4 atom stereocenters. The summed E-state index contributed by atoms with van der Waals surface area (Å²) in [5.41, 5.74) is 3.92. The monoisotopic (exact) mass is 222 g/mol. The molecular formula is C11H18N4O. The molecule has 2 bridgehead atoms. The largest absolute Gasteiger partial charge is 0.375 e. The van der Waals surface area contributed by atoms with Crippen LogP contribution in [0.15, 0.2) is 12.3 Å². The average Bonchev–Trinajstić information content (AvgIpc) is 2.96. The highest BCUT2D eigenvalue weighted by molar-refractivity contribution is 5.10. The molecule has 0 saturated carbocycles. The minimum atomic E-state index is 0.122. The summed E-state index contributed by atoms with van der Waals surface area (Å²) >= 11 is 0. The Balaban J connectivity index is 1.81. The second kappa shape index (κ2) is 3.84. The predicted octanol–water partition coefficient (Wildman–Crippen LogP) is 0.492. The van der Waals surface area contributed by atoms with Crippen LogP contribution in [0.3, 0.4) is 0 Å². The van der Waals surface area contributed by atoms with Crippen LogP contribution in [0.5, 0.6) is 0 Å². The molecule has 0 spiro atoms. The summed E-state index contributed by atoms with van der Waals surface area (Å²) in [4.78, 5) is 0. The SMILES string of the molecule is Cn1ccc(C(NN)C2CC3CCC2O3)n1. The molecule has 16 heavy (non-hydrogen) atoms. The average molecular weight is 222 g/mol. The highest BCUT2D eigenvalue weighted by Gasteiger charge is 2.45. The number of ether oxygens (including phenoxy) is 1. The quantitative estimate of drug-likeness (QED) is 0.577. The summed E-state index contributed by atoms with van der Waals surface area (Å²) in [6.45, 7) is 0. The number of hydrazine groups is 1. The molecule has 2 aliphatic rings. The van der Waals surface area contributed by atoms with Crippen molar-refractivity contribution in [1.82, 2.24) is 15.2 Å². The first-order chi connectivity index (χ1) is 7.78. The first-order valence-electron chi connectivity index (χ1n) is 5.89. The van der Waals surface area contributed by atoms with Gasteiger partial charge in [0.25, 0.3) is 0 Å². The van der Waals surface area contributed by atoms with Crippen molar-refractivity contribution >= 4 is 0 Å². The van der Waals surface area contributed by atoms with Gasteiger partial charge in [0.05, 0.1) is 23.9 Å². The Labute approximate surface area is 94.9 Å². The van der Waals surface area contributed by atoms with Gasteiger partial charge in [-0.1, -0.05) is 0 Å². The van der Waals surface area contributed by atoms with Gasteiger partial charge in [-0.3, -0.25) is 16.0 Å². The lowest BCUT2D eigenvalue weighted by molar-refractivity contribution is 0.0853. The molecule has 88 valence electrons. The molecule has 5 nitrogen and oxygen atoms in total. The van der Waals surface area contributed by atoms with E-state index in [0.29, 0.717) is 18.1 Å². The van der Waals surface area contributed by atoms with Gasteiger partial charge in [0.1, 0.15) is 0 Å². The van der Waals surface area contributed by atoms with Gasteiger partial charge in [-0.25, -0.2) is 0 Å². The molecule has 3 N–H and O–H groups in total. The first-order valence-corrected chi connectivity index (χ1v) is 5.89. The van der Waals surface area contributed by atoms with Crippen LogP contribution in [0.1, 0.15) is 31.0 Å². The van der Waals surface area contributed by atoms with E-state index in [2.05, 4.69) is 10.5 Å². The third-order valence-electron chi connectivity index (χ3n) is 3.81. The number of nitrogens with zero attached hydrogens (tertiary/aromatic N) is 2. The molecule has 0 amide bonds. The van der Waals surface area contributed by atoms with Crippen LogP contribution in [0.2, 0.25) is 0 Å². The Morgan fingerprint density at radius 2 is 2.50 bits per heavy atom. The van der Waals surface area contributed by atoms with Crippen LogP contribution in [0.4, 0.5) is 0 Å². The fraction of sp³-hybridized carbons (Fsp3) is 0.727. The highest BCUT2D eigenvalue weighted by atomic mass is 16.5.